The molecule has 3 nitrogen and oxygen atoms in total. The molecule has 22 heavy (non-hydrogen) atoms. The van der Waals surface area contributed by atoms with E-state index in [1.807, 2.05) is 12.3 Å². The molecule has 0 unspecified atom stereocenters. The number of aromatic nitrogens is 2. The van der Waals surface area contributed by atoms with Gasteiger partial charge in [0.05, 0.1) is 0 Å². The second kappa shape index (κ2) is 9.81. The summed E-state index contributed by atoms with van der Waals surface area (Å²) in [6.45, 7) is 13.6. The van der Waals surface area contributed by atoms with Gasteiger partial charge in [-0.1, -0.05) is 60.3 Å². The van der Waals surface area contributed by atoms with Gasteiger partial charge in [-0.15, -0.1) is 0 Å². The Morgan fingerprint density at radius 3 is 2.36 bits per heavy atom. The number of hydrogen-bond acceptors (Lipinski definition) is 3. The Hall–Kier alpha value is -1.12. The van der Waals surface area contributed by atoms with Crippen molar-refractivity contribution in [3.05, 3.63) is 18.0 Å². The molecule has 0 atom stereocenters. The summed E-state index contributed by atoms with van der Waals surface area (Å²) in [5.74, 6) is 0.925. The van der Waals surface area contributed by atoms with Gasteiger partial charge in [-0.05, 0) is 30.7 Å². The van der Waals surface area contributed by atoms with Crippen molar-refractivity contribution in [3.8, 4) is 0 Å². The van der Waals surface area contributed by atoms with Crippen molar-refractivity contribution < 1.29 is 0 Å². The molecule has 1 rings (SSSR count). The monoisotopic (exact) mass is 305 g/mol. The molecule has 0 radical (unpaired) electrons. The summed E-state index contributed by atoms with van der Waals surface area (Å²) in [4.78, 5) is 11.7. The predicted octanol–water partition coefficient (Wildman–Crippen LogP) is 5.25. The molecule has 0 aliphatic carbocycles. The molecule has 0 spiro atoms. The number of rotatable bonds is 11. The van der Waals surface area contributed by atoms with E-state index >= 15 is 0 Å². The van der Waals surface area contributed by atoms with Crippen LogP contribution in [-0.2, 0) is 6.42 Å². The van der Waals surface area contributed by atoms with E-state index in [0.29, 0.717) is 5.41 Å². The lowest BCUT2D eigenvalue weighted by molar-refractivity contribution is 0.275. The minimum atomic E-state index is 0.436. The fraction of sp³-hybridized carbons (Fsp3) is 0.789. The molecule has 0 saturated carbocycles. The SMILES string of the molecule is CCCCN(CCC(C)(CC)CC)c1nccc(CCC)n1. The first-order chi connectivity index (χ1) is 10.6. The van der Waals surface area contributed by atoms with Crippen LogP contribution in [0.25, 0.3) is 0 Å². The lowest BCUT2D eigenvalue weighted by Crippen LogP contribution is -2.31. The first-order valence-corrected chi connectivity index (χ1v) is 9.15. The average Bonchev–Trinajstić information content (AvgIpc) is 2.55. The molecule has 0 aromatic carbocycles. The number of aryl methyl sites for hydroxylation is 1. The van der Waals surface area contributed by atoms with Crippen molar-refractivity contribution in [2.45, 2.75) is 79.6 Å². The average molecular weight is 306 g/mol. The van der Waals surface area contributed by atoms with E-state index in [-0.39, 0.29) is 0 Å². The molecule has 0 aliphatic rings. The molecule has 3 heteroatoms. The minimum absolute atomic E-state index is 0.436. The van der Waals surface area contributed by atoms with Crippen molar-refractivity contribution in [2.75, 3.05) is 18.0 Å². The van der Waals surface area contributed by atoms with E-state index in [1.165, 1.54) is 37.8 Å². The Morgan fingerprint density at radius 1 is 1.05 bits per heavy atom. The van der Waals surface area contributed by atoms with Crippen LogP contribution in [0.4, 0.5) is 5.95 Å². The molecular formula is C19H35N3. The summed E-state index contributed by atoms with van der Waals surface area (Å²) in [6, 6.07) is 2.05. The van der Waals surface area contributed by atoms with Gasteiger partial charge in [-0.3, -0.25) is 0 Å². The third-order valence-corrected chi connectivity index (χ3v) is 4.96. The third kappa shape index (κ3) is 5.94. The summed E-state index contributed by atoms with van der Waals surface area (Å²) in [6.07, 6.45) is 10.2. The van der Waals surface area contributed by atoms with Gasteiger partial charge >= 0.3 is 0 Å². The lowest BCUT2D eigenvalue weighted by Gasteiger charge is -2.31. The fourth-order valence-electron chi connectivity index (χ4n) is 2.60. The second-order valence-corrected chi connectivity index (χ2v) is 6.71. The topological polar surface area (TPSA) is 29.0 Å². The van der Waals surface area contributed by atoms with Gasteiger partial charge in [-0.2, -0.15) is 0 Å². The van der Waals surface area contributed by atoms with Crippen molar-refractivity contribution in [3.63, 3.8) is 0 Å². The molecule has 0 fully saturated rings. The summed E-state index contributed by atoms with van der Waals surface area (Å²) in [5.41, 5.74) is 1.61. The van der Waals surface area contributed by atoms with E-state index in [2.05, 4.69) is 44.5 Å². The van der Waals surface area contributed by atoms with Crippen LogP contribution in [0.3, 0.4) is 0 Å². The molecule has 0 N–H and O–H groups in total. The van der Waals surface area contributed by atoms with Gasteiger partial charge in [0.1, 0.15) is 0 Å². The van der Waals surface area contributed by atoms with Gasteiger partial charge in [-0.25, -0.2) is 9.97 Å². The first kappa shape index (κ1) is 18.9. The van der Waals surface area contributed by atoms with Crippen LogP contribution >= 0.6 is 0 Å². The Kier molecular flexibility index (Phi) is 8.44. The minimum Gasteiger partial charge on any atom is -0.341 e. The quantitative estimate of drug-likeness (QED) is 0.559. The molecule has 1 aromatic rings. The largest absolute Gasteiger partial charge is 0.341 e. The zero-order valence-corrected chi connectivity index (χ0v) is 15.4. The smallest absolute Gasteiger partial charge is 0.225 e. The predicted molar refractivity (Wildman–Crippen MR) is 96.5 cm³/mol. The van der Waals surface area contributed by atoms with Crippen LogP contribution in [0, 0.1) is 5.41 Å². The van der Waals surface area contributed by atoms with Crippen molar-refractivity contribution in [1.82, 2.24) is 9.97 Å². The normalized spacial score (nSPS) is 11.7. The Morgan fingerprint density at radius 2 is 1.77 bits per heavy atom. The maximum absolute atomic E-state index is 4.78. The zero-order chi connectivity index (χ0) is 16.4. The highest BCUT2D eigenvalue weighted by Gasteiger charge is 2.21. The maximum atomic E-state index is 4.78. The van der Waals surface area contributed by atoms with Gasteiger partial charge in [0, 0.05) is 25.0 Å². The summed E-state index contributed by atoms with van der Waals surface area (Å²) >= 11 is 0. The van der Waals surface area contributed by atoms with Gasteiger partial charge in [0.2, 0.25) is 5.95 Å². The van der Waals surface area contributed by atoms with E-state index < -0.39 is 0 Å². The lowest BCUT2D eigenvalue weighted by atomic mass is 9.81. The number of nitrogens with zero attached hydrogens (tertiary/aromatic N) is 3. The standard InChI is InChI=1S/C19H35N3/c1-6-10-15-22(16-13-19(5,8-3)9-4)18-20-14-12-17(21-18)11-7-2/h12,14H,6-11,13,15-16H2,1-5H3. The highest BCUT2D eigenvalue weighted by atomic mass is 15.2. The molecule has 0 saturated heterocycles. The highest BCUT2D eigenvalue weighted by Crippen LogP contribution is 2.30. The molecular weight excluding hydrogens is 270 g/mol. The maximum Gasteiger partial charge on any atom is 0.225 e. The third-order valence-electron chi connectivity index (χ3n) is 4.96. The molecule has 0 aliphatic heterocycles. The van der Waals surface area contributed by atoms with Crippen LogP contribution in [0.1, 0.15) is 78.8 Å². The molecule has 0 amide bonds. The van der Waals surface area contributed by atoms with Crippen molar-refractivity contribution in [2.24, 2.45) is 5.41 Å². The van der Waals surface area contributed by atoms with Crippen LogP contribution in [0.5, 0.6) is 0 Å². The van der Waals surface area contributed by atoms with E-state index in [4.69, 9.17) is 4.98 Å². The molecule has 1 aromatic heterocycles. The number of unbranched alkanes of at least 4 members (excludes halogenated alkanes) is 1. The Bertz CT molecular complexity index is 413. The fourth-order valence-corrected chi connectivity index (χ4v) is 2.60. The summed E-state index contributed by atoms with van der Waals surface area (Å²) < 4.78 is 0. The highest BCUT2D eigenvalue weighted by molar-refractivity contribution is 5.30. The van der Waals surface area contributed by atoms with Crippen LogP contribution in [-0.4, -0.2) is 23.1 Å². The molecule has 1 heterocycles. The van der Waals surface area contributed by atoms with Gasteiger partial charge < -0.3 is 4.90 Å². The number of hydrogen-bond donors (Lipinski definition) is 0. The molecule has 0 bridgehead atoms. The zero-order valence-electron chi connectivity index (χ0n) is 15.4. The van der Waals surface area contributed by atoms with E-state index in [9.17, 15) is 0 Å². The van der Waals surface area contributed by atoms with Gasteiger partial charge in [0.25, 0.3) is 0 Å². The Balaban J connectivity index is 2.81. The van der Waals surface area contributed by atoms with Crippen LogP contribution in [0.2, 0.25) is 0 Å². The van der Waals surface area contributed by atoms with Crippen LogP contribution < -0.4 is 4.90 Å². The second-order valence-electron chi connectivity index (χ2n) is 6.71. The first-order valence-electron chi connectivity index (χ1n) is 9.15. The summed E-state index contributed by atoms with van der Waals surface area (Å²) in [7, 11) is 0. The number of anilines is 1. The van der Waals surface area contributed by atoms with E-state index in [1.54, 1.807) is 0 Å². The Labute approximate surface area is 137 Å². The van der Waals surface area contributed by atoms with Gasteiger partial charge in [0.15, 0.2) is 0 Å². The van der Waals surface area contributed by atoms with Crippen molar-refractivity contribution >= 4 is 5.95 Å². The van der Waals surface area contributed by atoms with Crippen LogP contribution in [0.15, 0.2) is 12.3 Å². The summed E-state index contributed by atoms with van der Waals surface area (Å²) in [5, 5.41) is 0. The molecule has 126 valence electrons. The van der Waals surface area contributed by atoms with Crippen molar-refractivity contribution in [1.29, 1.82) is 0 Å². The van der Waals surface area contributed by atoms with E-state index in [0.717, 1.165) is 31.9 Å².